The van der Waals surface area contributed by atoms with E-state index >= 15 is 0 Å². The van der Waals surface area contributed by atoms with Crippen LogP contribution in [-0.2, 0) is 11.3 Å². The molecule has 0 fully saturated rings. The van der Waals surface area contributed by atoms with Gasteiger partial charge >= 0.3 is 0 Å². The summed E-state index contributed by atoms with van der Waals surface area (Å²) in [5, 5.41) is 7.10. The Morgan fingerprint density at radius 3 is 2.67 bits per heavy atom. The van der Waals surface area contributed by atoms with Gasteiger partial charge in [0.1, 0.15) is 0 Å². The zero-order valence-electron chi connectivity index (χ0n) is 11.0. The second-order valence-electron chi connectivity index (χ2n) is 3.99. The minimum absolute atomic E-state index is 0. The fourth-order valence-electron chi connectivity index (χ4n) is 1.57. The Hall–Kier alpha value is -0.780. The van der Waals surface area contributed by atoms with Crippen molar-refractivity contribution in [2.45, 2.75) is 13.5 Å². The number of amides is 1. The van der Waals surface area contributed by atoms with E-state index in [4.69, 9.17) is 0 Å². The topological polar surface area (TPSA) is 50.2 Å². The highest BCUT2D eigenvalue weighted by atomic mass is 35.5. The summed E-state index contributed by atoms with van der Waals surface area (Å²) in [6.45, 7) is 4.07. The average molecular weight is 297 g/mol. The van der Waals surface area contributed by atoms with Crippen LogP contribution < -0.4 is 5.32 Å². The van der Waals surface area contributed by atoms with E-state index in [2.05, 4.69) is 10.4 Å². The number of carbonyl (C=O) groups excluding carboxylic acids is 1. The number of hydrogen-bond acceptors (Lipinski definition) is 3. The summed E-state index contributed by atoms with van der Waals surface area (Å²) in [4.78, 5) is 13.6. The molecule has 1 amide bonds. The molecule has 1 unspecified atom stereocenters. The van der Waals surface area contributed by atoms with Gasteiger partial charge in [-0.1, -0.05) is 6.92 Å². The fourth-order valence-corrected chi connectivity index (χ4v) is 1.57. The van der Waals surface area contributed by atoms with Crippen LogP contribution in [-0.4, -0.2) is 47.8 Å². The number of nitrogens with zero attached hydrogens (tertiary/aromatic N) is 3. The zero-order chi connectivity index (χ0) is 12.0. The summed E-state index contributed by atoms with van der Waals surface area (Å²) < 4.78 is 1.83. The number of hydrogen-bond donors (Lipinski definition) is 1. The predicted octanol–water partition coefficient (Wildman–Crippen LogP) is 1.04. The van der Waals surface area contributed by atoms with Crippen molar-refractivity contribution in [2.75, 3.05) is 27.2 Å². The van der Waals surface area contributed by atoms with Gasteiger partial charge in [-0.2, -0.15) is 5.10 Å². The Morgan fingerprint density at radius 1 is 1.50 bits per heavy atom. The quantitative estimate of drug-likeness (QED) is 0.853. The fraction of sp³-hybridized carbons (Fsp3) is 0.636. The first-order valence-corrected chi connectivity index (χ1v) is 5.52. The normalized spacial score (nSPS) is 11.1. The molecule has 0 bridgehead atoms. The summed E-state index contributed by atoms with van der Waals surface area (Å²) in [5.74, 6) is 0.189. The molecule has 1 aromatic heterocycles. The lowest BCUT2D eigenvalue weighted by atomic mass is 10.1. The highest BCUT2D eigenvalue weighted by molar-refractivity contribution is 5.85. The van der Waals surface area contributed by atoms with Gasteiger partial charge in [-0.3, -0.25) is 9.48 Å². The summed E-state index contributed by atoms with van der Waals surface area (Å²) in [7, 11) is 3.69. The van der Waals surface area contributed by atoms with Crippen LogP contribution in [0.25, 0.3) is 0 Å². The van der Waals surface area contributed by atoms with Crippen molar-refractivity contribution in [3.63, 3.8) is 0 Å². The number of rotatable bonds is 6. The van der Waals surface area contributed by atoms with Gasteiger partial charge in [0.25, 0.3) is 0 Å². The Bertz CT molecular complexity index is 319. The van der Waals surface area contributed by atoms with Crippen molar-refractivity contribution in [3.8, 4) is 0 Å². The summed E-state index contributed by atoms with van der Waals surface area (Å²) in [6, 6.07) is 1.88. The van der Waals surface area contributed by atoms with Gasteiger partial charge in [-0.15, -0.1) is 24.8 Å². The molecule has 1 heterocycles. The molecule has 0 saturated heterocycles. The maximum atomic E-state index is 11.8. The van der Waals surface area contributed by atoms with E-state index in [1.165, 1.54) is 0 Å². The lowest BCUT2D eigenvalue weighted by Crippen LogP contribution is -2.37. The molecule has 18 heavy (non-hydrogen) atoms. The summed E-state index contributed by atoms with van der Waals surface area (Å²) in [6.07, 6.45) is 3.64. The van der Waals surface area contributed by atoms with Crippen molar-refractivity contribution in [1.82, 2.24) is 20.0 Å². The van der Waals surface area contributed by atoms with Crippen LogP contribution in [0.3, 0.4) is 0 Å². The zero-order valence-corrected chi connectivity index (χ0v) is 12.6. The van der Waals surface area contributed by atoms with E-state index < -0.39 is 0 Å². The second kappa shape index (κ2) is 10.2. The number of nitrogens with one attached hydrogen (secondary N) is 1. The molecule has 0 spiro atoms. The van der Waals surface area contributed by atoms with Crippen molar-refractivity contribution >= 4 is 30.7 Å². The van der Waals surface area contributed by atoms with E-state index in [1.54, 1.807) is 11.1 Å². The van der Waals surface area contributed by atoms with Gasteiger partial charge in [-0.05, 0) is 13.1 Å². The monoisotopic (exact) mass is 296 g/mol. The largest absolute Gasteiger partial charge is 0.344 e. The Morgan fingerprint density at radius 2 is 2.17 bits per heavy atom. The lowest BCUT2D eigenvalue weighted by Gasteiger charge is -2.21. The van der Waals surface area contributed by atoms with Crippen LogP contribution in [0.4, 0.5) is 0 Å². The van der Waals surface area contributed by atoms with Gasteiger partial charge in [0.15, 0.2) is 0 Å². The summed E-state index contributed by atoms with van der Waals surface area (Å²) >= 11 is 0. The molecule has 1 N–H and O–H groups in total. The van der Waals surface area contributed by atoms with Crippen LogP contribution in [0, 0.1) is 5.92 Å². The third-order valence-corrected chi connectivity index (χ3v) is 2.53. The minimum Gasteiger partial charge on any atom is -0.344 e. The van der Waals surface area contributed by atoms with E-state index in [-0.39, 0.29) is 36.6 Å². The molecule has 0 aromatic carbocycles. The smallest absolute Gasteiger partial charge is 0.226 e. The number of halogens is 2. The lowest BCUT2D eigenvalue weighted by molar-refractivity contribution is -0.133. The number of aromatic nitrogens is 2. The van der Waals surface area contributed by atoms with Gasteiger partial charge in [0, 0.05) is 38.4 Å². The molecule has 1 atom stereocenters. The first-order chi connectivity index (χ1) is 7.65. The average Bonchev–Trinajstić information content (AvgIpc) is 2.78. The van der Waals surface area contributed by atoms with E-state index in [0.717, 1.165) is 6.54 Å². The molecular formula is C11H22Cl2N4O. The van der Waals surface area contributed by atoms with Crippen molar-refractivity contribution in [2.24, 2.45) is 5.92 Å². The molecule has 0 aliphatic heterocycles. The van der Waals surface area contributed by atoms with E-state index in [0.29, 0.717) is 13.1 Å². The van der Waals surface area contributed by atoms with Gasteiger partial charge in [0.05, 0.1) is 6.54 Å². The Balaban J connectivity index is 0. The second-order valence-corrected chi connectivity index (χ2v) is 3.99. The molecule has 106 valence electrons. The van der Waals surface area contributed by atoms with Crippen LogP contribution >= 0.6 is 24.8 Å². The third kappa shape index (κ3) is 6.23. The standard InChI is InChI=1S/C11H20N4O.2ClH/c1-10(9-12-2)11(16)14(3)7-8-15-6-4-5-13-15;;/h4-6,10,12H,7-9H2,1-3H3;2*1H. The van der Waals surface area contributed by atoms with Crippen molar-refractivity contribution < 1.29 is 4.79 Å². The van der Waals surface area contributed by atoms with Crippen LogP contribution in [0.1, 0.15) is 6.92 Å². The molecule has 1 rings (SSSR count). The molecule has 0 aliphatic rings. The molecule has 0 radical (unpaired) electrons. The maximum absolute atomic E-state index is 11.8. The SMILES string of the molecule is CNCC(C)C(=O)N(C)CCn1cccn1.Cl.Cl. The number of likely N-dealkylation sites (N-methyl/N-ethyl adjacent to an activating group) is 1. The van der Waals surface area contributed by atoms with E-state index in [1.807, 2.05) is 38.0 Å². The summed E-state index contributed by atoms with van der Waals surface area (Å²) in [5.41, 5.74) is 0. The molecular weight excluding hydrogens is 275 g/mol. The van der Waals surface area contributed by atoms with E-state index in [9.17, 15) is 4.79 Å². The van der Waals surface area contributed by atoms with Crippen LogP contribution in [0.2, 0.25) is 0 Å². The molecule has 0 aliphatic carbocycles. The third-order valence-electron chi connectivity index (χ3n) is 2.53. The van der Waals surface area contributed by atoms with Crippen LogP contribution in [0.5, 0.6) is 0 Å². The van der Waals surface area contributed by atoms with Gasteiger partial charge < -0.3 is 10.2 Å². The van der Waals surface area contributed by atoms with Crippen LogP contribution in [0.15, 0.2) is 18.5 Å². The number of carbonyl (C=O) groups is 1. The van der Waals surface area contributed by atoms with Crippen molar-refractivity contribution in [3.05, 3.63) is 18.5 Å². The Kier molecular flexibility index (Phi) is 11.1. The first-order valence-electron chi connectivity index (χ1n) is 5.52. The molecule has 0 saturated carbocycles. The highest BCUT2D eigenvalue weighted by Gasteiger charge is 2.16. The molecule has 7 heteroatoms. The maximum Gasteiger partial charge on any atom is 0.226 e. The highest BCUT2D eigenvalue weighted by Crippen LogP contribution is 1.99. The predicted molar refractivity (Wildman–Crippen MR) is 77.5 cm³/mol. The molecule has 1 aromatic rings. The minimum atomic E-state index is 0. The van der Waals surface area contributed by atoms with Gasteiger partial charge in [-0.25, -0.2) is 0 Å². The first kappa shape index (κ1) is 19.6. The van der Waals surface area contributed by atoms with Gasteiger partial charge in [0.2, 0.25) is 5.91 Å². The Labute approximate surface area is 121 Å². The molecule has 5 nitrogen and oxygen atoms in total. The van der Waals surface area contributed by atoms with Crippen molar-refractivity contribution in [1.29, 1.82) is 0 Å².